The molecule has 2 rings (SSSR count). The number of ether oxygens (including phenoxy) is 1. The van der Waals surface area contributed by atoms with Crippen molar-refractivity contribution in [3.05, 3.63) is 69.7 Å². The van der Waals surface area contributed by atoms with E-state index in [0.717, 1.165) is 11.0 Å². The van der Waals surface area contributed by atoms with E-state index >= 15 is 0 Å². The Kier molecular flexibility index (Phi) is 5.77. The van der Waals surface area contributed by atoms with Crippen molar-refractivity contribution in [2.75, 3.05) is 7.11 Å². The van der Waals surface area contributed by atoms with Crippen molar-refractivity contribution in [3.8, 4) is 0 Å². The highest BCUT2D eigenvalue weighted by Crippen LogP contribution is 2.23. The lowest BCUT2D eigenvalue weighted by atomic mass is 10.1. The number of halogens is 1. The van der Waals surface area contributed by atoms with Gasteiger partial charge in [0.2, 0.25) is 0 Å². The quantitative estimate of drug-likeness (QED) is 0.843. The summed E-state index contributed by atoms with van der Waals surface area (Å²) < 4.78 is 6.39. The zero-order chi connectivity index (χ0) is 14.4. The third-order valence-corrected chi connectivity index (χ3v) is 4.11. The smallest absolute Gasteiger partial charge is 0.0716 e. The van der Waals surface area contributed by atoms with Crippen LogP contribution in [0.3, 0.4) is 0 Å². The highest BCUT2D eigenvalue weighted by Gasteiger charge is 2.09. The Balaban J connectivity index is 2.04. The van der Waals surface area contributed by atoms with Crippen LogP contribution in [0.5, 0.6) is 0 Å². The van der Waals surface area contributed by atoms with Crippen LogP contribution in [0.2, 0.25) is 0 Å². The summed E-state index contributed by atoms with van der Waals surface area (Å²) in [6.07, 6.45) is 0. The lowest BCUT2D eigenvalue weighted by molar-refractivity contribution is 0.184. The van der Waals surface area contributed by atoms with E-state index in [-0.39, 0.29) is 0 Å². The van der Waals surface area contributed by atoms with E-state index < -0.39 is 0 Å². The summed E-state index contributed by atoms with van der Waals surface area (Å²) in [5.74, 6) is 0. The van der Waals surface area contributed by atoms with Crippen LogP contribution in [0.4, 0.5) is 0 Å². The number of hydrogen-bond acceptors (Lipinski definition) is 2. The van der Waals surface area contributed by atoms with E-state index in [9.17, 15) is 0 Å². The van der Waals surface area contributed by atoms with Crippen LogP contribution in [0.1, 0.15) is 29.7 Å². The predicted octanol–water partition coefficient (Wildman–Crippen LogP) is 4.45. The maximum Gasteiger partial charge on any atom is 0.0716 e. The van der Waals surface area contributed by atoms with Crippen molar-refractivity contribution >= 4 is 15.9 Å². The Morgan fingerprint density at radius 2 is 1.70 bits per heavy atom. The van der Waals surface area contributed by atoms with E-state index in [0.29, 0.717) is 12.6 Å². The lowest BCUT2D eigenvalue weighted by Gasteiger charge is -2.17. The number of hydrogen-bond donors (Lipinski definition) is 1. The first-order valence-corrected chi connectivity index (χ1v) is 7.55. The SMILES string of the molecule is COCc1ccccc1CNC(C)c1ccccc1Br. The van der Waals surface area contributed by atoms with Gasteiger partial charge in [-0.05, 0) is 29.7 Å². The molecule has 0 amide bonds. The molecule has 2 aromatic rings. The lowest BCUT2D eigenvalue weighted by Crippen LogP contribution is -2.19. The number of benzene rings is 2. The van der Waals surface area contributed by atoms with Crippen LogP contribution < -0.4 is 5.32 Å². The monoisotopic (exact) mass is 333 g/mol. The summed E-state index contributed by atoms with van der Waals surface area (Å²) in [6, 6.07) is 17.0. The van der Waals surface area contributed by atoms with Gasteiger partial charge in [0.1, 0.15) is 0 Å². The maximum atomic E-state index is 5.24. The van der Waals surface area contributed by atoms with Crippen molar-refractivity contribution in [1.29, 1.82) is 0 Å². The Labute approximate surface area is 129 Å². The minimum Gasteiger partial charge on any atom is -0.380 e. The maximum absolute atomic E-state index is 5.24. The fraction of sp³-hybridized carbons (Fsp3) is 0.294. The summed E-state index contributed by atoms with van der Waals surface area (Å²) in [6.45, 7) is 3.67. The summed E-state index contributed by atoms with van der Waals surface area (Å²) in [4.78, 5) is 0. The summed E-state index contributed by atoms with van der Waals surface area (Å²) in [5.41, 5.74) is 3.80. The minimum atomic E-state index is 0.293. The molecule has 2 nitrogen and oxygen atoms in total. The van der Waals surface area contributed by atoms with Crippen molar-refractivity contribution in [1.82, 2.24) is 5.32 Å². The normalized spacial score (nSPS) is 12.3. The molecule has 0 saturated heterocycles. The number of methoxy groups -OCH3 is 1. The average Bonchev–Trinajstić information content (AvgIpc) is 2.47. The largest absolute Gasteiger partial charge is 0.380 e. The van der Waals surface area contributed by atoms with Gasteiger partial charge in [-0.25, -0.2) is 0 Å². The van der Waals surface area contributed by atoms with Crippen LogP contribution >= 0.6 is 15.9 Å². The fourth-order valence-corrected chi connectivity index (χ4v) is 2.85. The van der Waals surface area contributed by atoms with E-state index in [1.165, 1.54) is 16.7 Å². The fourth-order valence-electron chi connectivity index (χ4n) is 2.23. The third kappa shape index (κ3) is 3.92. The van der Waals surface area contributed by atoms with Gasteiger partial charge >= 0.3 is 0 Å². The minimum absolute atomic E-state index is 0.293. The average molecular weight is 334 g/mol. The molecule has 0 spiro atoms. The first kappa shape index (κ1) is 15.2. The first-order chi connectivity index (χ1) is 9.72. The van der Waals surface area contributed by atoms with E-state index in [2.05, 4.69) is 70.6 Å². The molecule has 0 aliphatic carbocycles. The van der Waals surface area contributed by atoms with Gasteiger partial charge in [-0.1, -0.05) is 58.4 Å². The van der Waals surface area contributed by atoms with Gasteiger partial charge in [0, 0.05) is 24.2 Å². The summed E-state index contributed by atoms with van der Waals surface area (Å²) in [5, 5.41) is 3.57. The van der Waals surface area contributed by atoms with Crippen molar-refractivity contribution < 1.29 is 4.74 Å². The molecule has 0 fully saturated rings. The van der Waals surface area contributed by atoms with Gasteiger partial charge in [-0.2, -0.15) is 0 Å². The second-order valence-electron chi connectivity index (χ2n) is 4.83. The van der Waals surface area contributed by atoms with Crippen molar-refractivity contribution in [3.63, 3.8) is 0 Å². The van der Waals surface area contributed by atoms with Gasteiger partial charge in [-0.15, -0.1) is 0 Å². The van der Waals surface area contributed by atoms with E-state index in [4.69, 9.17) is 4.74 Å². The second-order valence-corrected chi connectivity index (χ2v) is 5.68. The van der Waals surface area contributed by atoms with Crippen LogP contribution in [0.15, 0.2) is 53.0 Å². The molecule has 0 aromatic heterocycles. The van der Waals surface area contributed by atoms with Crippen molar-refractivity contribution in [2.45, 2.75) is 26.1 Å². The Bertz CT molecular complexity index is 556. The number of nitrogens with one attached hydrogen (secondary N) is 1. The first-order valence-electron chi connectivity index (χ1n) is 6.76. The molecule has 0 heterocycles. The zero-order valence-corrected chi connectivity index (χ0v) is 13.5. The zero-order valence-electron chi connectivity index (χ0n) is 11.9. The predicted molar refractivity (Wildman–Crippen MR) is 86.6 cm³/mol. The molecule has 0 aliphatic rings. The van der Waals surface area contributed by atoms with Crippen LogP contribution in [-0.4, -0.2) is 7.11 Å². The molecule has 0 bridgehead atoms. The number of rotatable bonds is 6. The van der Waals surface area contributed by atoms with E-state index in [1.54, 1.807) is 7.11 Å². The molecular weight excluding hydrogens is 314 g/mol. The van der Waals surface area contributed by atoms with Gasteiger partial charge in [0.25, 0.3) is 0 Å². The molecule has 0 aliphatic heterocycles. The van der Waals surface area contributed by atoms with E-state index in [1.807, 2.05) is 6.07 Å². The Morgan fingerprint density at radius 1 is 1.05 bits per heavy atom. The second kappa shape index (κ2) is 7.58. The van der Waals surface area contributed by atoms with Crippen LogP contribution in [0, 0.1) is 0 Å². The Morgan fingerprint density at radius 3 is 2.40 bits per heavy atom. The van der Waals surface area contributed by atoms with Crippen LogP contribution in [-0.2, 0) is 17.9 Å². The standard InChI is InChI=1S/C17H20BrNO/c1-13(16-9-5-6-10-17(16)18)19-11-14-7-3-4-8-15(14)12-20-2/h3-10,13,19H,11-12H2,1-2H3. The topological polar surface area (TPSA) is 21.3 Å². The Hall–Kier alpha value is -1.16. The molecule has 2 aromatic carbocycles. The molecule has 20 heavy (non-hydrogen) atoms. The molecule has 1 atom stereocenters. The van der Waals surface area contributed by atoms with Crippen LogP contribution in [0.25, 0.3) is 0 Å². The van der Waals surface area contributed by atoms with Gasteiger partial charge < -0.3 is 10.1 Å². The highest BCUT2D eigenvalue weighted by molar-refractivity contribution is 9.10. The molecule has 106 valence electrons. The van der Waals surface area contributed by atoms with Crippen molar-refractivity contribution in [2.24, 2.45) is 0 Å². The summed E-state index contributed by atoms with van der Waals surface area (Å²) >= 11 is 3.60. The van der Waals surface area contributed by atoms with Gasteiger partial charge in [0.15, 0.2) is 0 Å². The molecule has 1 unspecified atom stereocenters. The van der Waals surface area contributed by atoms with Gasteiger partial charge in [0.05, 0.1) is 6.61 Å². The third-order valence-electron chi connectivity index (χ3n) is 3.39. The molecule has 1 N–H and O–H groups in total. The summed E-state index contributed by atoms with van der Waals surface area (Å²) in [7, 11) is 1.73. The highest BCUT2D eigenvalue weighted by atomic mass is 79.9. The van der Waals surface area contributed by atoms with Gasteiger partial charge in [-0.3, -0.25) is 0 Å². The molecule has 0 radical (unpaired) electrons. The molecule has 0 saturated carbocycles. The molecular formula is C17H20BrNO. The molecule has 3 heteroatoms.